The summed E-state index contributed by atoms with van der Waals surface area (Å²) in [6.07, 6.45) is -0.211. The quantitative estimate of drug-likeness (QED) is 0.527. The molecule has 1 heterocycles. The van der Waals surface area contributed by atoms with Gasteiger partial charge in [0.1, 0.15) is 15.7 Å². The summed E-state index contributed by atoms with van der Waals surface area (Å²) in [5, 5.41) is 14.1. The van der Waals surface area contributed by atoms with E-state index in [0.717, 1.165) is 0 Å². The zero-order valence-electron chi connectivity index (χ0n) is 9.65. The number of hydrogen-bond donors (Lipinski definition) is 3. The van der Waals surface area contributed by atoms with E-state index in [1.165, 1.54) is 13.3 Å². The van der Waals surface area contributed by atoms with Crippen LogP contribution < -0.4 is 10.6 Å². The highest BCUT2D eigenvalue weighted by atomic mass is 127. The number of nitrogens with one attached hydrogen (secondary N) is 2. The van der Waals surface area contributed by atoms with Crippen LogP contribution in [0.2, 0.25) is 5.15 Å². The van der Waals surface area contributed by atoms with Crippen molar-refractivity contribution >= 4 is 46.1 Å². The minimum Gasteiger partial charge on any atom is -0.465 e. The molecule has 100 valence electrons. The number of ether oxygens (including phenoxy) is 1. The highest BCUT2D eigenvalue weighted by Gasteiger charge is 2.19. The summed E-state index contributed by atoms with van der Waals surface area (Å²) < 4.78 is 5.73. The Kier molecular flexibility index (Phi) is 5.82. The van der Waals surface area contributed by atoms with Crippen molar-refractivity contribution in [2.24, 2.45) is 0 Å². The van der Waals surface area contributed by atoms with Crippen molar-refractivity contribution < 1.29 is 14.6 Å². The minimum atomic E-state index is -1.13. The van der Waals surface area contributed by atoms with Crippen molar-refractivity contribution in [3.05, 3.63) is 15.1 Å². The standard InChI is InChI=1S/C9H12ClIN4O3/c1-4(13-9(16)17)8(18-2)15-5-3-12-7(11)6(10)14-5/h3-4,8,13H,1-2H3,(H,14,15)(H,16,17). The molecule has 0 saturated heterocycles. The molecule has 1 amide bonds. The SMILES string of the molecule is COC(Nc1cnc(I)c(Cl)n1)C(C)NC(=O)O. The Hall–Kier alpha value is -0.870. The summed E-state index contributed by atoms with van der Waals surface area (Å²) in [4.78, 5) is 18.6. The molecular weight excluding hydrogens is 374 g/mol. The normalized spacial score (nSPS) is 13.8. The summed E-state index contributed by atoms with van der Waals surface area (Å²) in [5.41, 5.74) is 0. The maximum absolute atomic E-state index is 10.5. The lowest BCUT2D eigenvalue weighted by Crippen LogP contribution is -2.45. The van der Waals surface area contributed by atoms with Crippen LogP contribution in [-0.4, -0.2) is 40.5 Å². The molecule has 9 heteroatoms. The molecule has 0 aromatic carbocycles. The second-order valence-electron chi connectivity index (χ2n) is 3.38. The molecule has 1 rings (SSSR count). The molecule has 2 unspecified atom stereocenters. The predicted octanol–water partition coefficient (Wildman–Crippen LogP) is 1.78. The number of anilines is 1. The molecule has 0 saturated carbocycles. The molecule has 18 heavy (non-hydrogen) atoms. The number of rotatable bonds is 5. The summed E-state index contributed by atoms with van der Waals surface area (Å²) in [6.45, 7) is 1.66. The fourth-order valence-corrected chi connectivity index (χ4v) is 1.63. The first kappa shape index (κ1) is 15.2. The van der Waals surface area contributed by atoms with Gasteiger partial charge in [0.25, 0.3) is 0 Å². The van der Waals surface area contributed by atoms with Gasteiger partial charge in [-0.2, -0.15) is 0 Å². The summed E-state index contributed by atoms with van der Waals surface area (Å²) in [7, 11) is 1.46. The van der Waals surface area contributed by atoms with Gasteiger partial charge in [-0.25, -0.2) is 14.8 Å². The van der Waals surface area contributed by atoms with Gasteiger partial charge in [0.05, 0.1) is 12.2 Å². The lowest BCUT2D eigenvalue weighted by atomic mass is 10.3. The van der Waals surface area contributed by atoms with Gasteiger partial charge in [-0.1, -0.05) is 11.6 Å². The highest BCUT2D eigenvalue weighted by Crippen LogP contribution is 2.16. The molecule has 0 bridgehead atoms. The largest absolute Gasteiger partial charge is 0.465 e. The van der Waals surface area contributed by atoms with E-state index in [4.69, 9.17) is 21.4 Å². The first-order valence-electron chi connectivity index (χ1n) is 4.91. The minimum absolute atomic E-state index is 0.272. The maximum atomic E-state index is 10.5. The average molecular weight is 387 g/mol. The van der Waals surface area contributed by atoms with E-state index in [1.54, 1.807) is 6.92 Å². The number of nitrogens with zero attached hydrogens (tertiary/aromatic N) is 2. The fraction of sp³-hybridized carbons (Fsp3) is 0.444. The summed E-state index contributed by atoms with van der Waals surface area (Å²) >= 11 is 7.79. The monoisotopic (exact) mass is 386 g/mol. The van der Waals surface area contributed by atoms with E-state index < -0.39 is 18.4 Å². The second kappa shape index (κ2) is 6.90. The molecule has 3 N–H and O–H groups in total. The second-order valence-corrected chi connectivity index (χ2v) is 4.76. The molecule has 0 fully saturated rings. The first-order valence-corrected chi connectivity index (χ1v) is 6.36. The molecule has 0 spiro atoms. The number of methoxy groups -OCH3 is 1. The highest BCUT2D eigenvalue weighted by molar-refractivity contribution is 14.1. The van der Waals surface area contributed by atoms with Crippen LogP contribution in [0, 0.1) is 3.70 Å². The topological polar surface area (TPSA) is 96.4 Å². The Balaban J connectivity index is 2.72. The van der Waals surface area contributed by atoms with Gasteiger partial charge in [-0.3, -0.25) is 0 Å². The molecule has 1 aromatic rings. The third kappa shape index (κ3) is 4.42. The molecule has 0 aliphatic carbocycles. The van der Waals surface area contributed by atoms with Gasteiger partial charge in [0, 0.05) is 7.11 Å². The van der Waals surface area contributed by atoms with Crippen LogP contribution in [0.1, 0.15) is 6.92 Å². The smallest absolute Gasteiger partial charge is 0.405 e. The number of amides is 1. The fourth-order valence-electron chi connectivity index (χ4n) is 1.23. The first-order chi connectivity index (χ1) is 8.43. The Morgan fingerprint density at radius 1 is 1.67 bits per heavy atom. The number of carboxylic acid groups (broad SMARTS) is 1. The van der Waals surface area contributed by atoms with Crippen LogP contribution in [0.5, 0.6) is 0 Å². The molecule has 2 atom stereocenters. The van der Waals surface area contributed by atoms with Crippen LogP contribution in [-0.2, 0) is 4.74 Å². The van der Waals surface area contributed by atoms with Gasteiger partial charge < -0.3 is 20.5 Å². The molecule has 1 aromatic heterocycles. The van der Waals surface area contributed by atoms with Crippen molar-refractivity contribution in [2.45, 2.75) is 19.2 Å². The Morgan fingerprint density at radius 2 is 2.33 bits per heavy atom. The van der Waals surface area contributed by atoms with Crippen LogP contribution >= 0.6 is 34.2 Å². The summed E-state index contributed by atoms with van der Waals surface area (Å²) in [6, 6.07) is -0.465. The third-order valence-electron chi connectivity index (χ3n) is 2.04. The lowest BCUT2D eigenvalue weighted by molar-refractivity contribution is 0.0931. The van der Waals surface area contributed by atoms with E-state index in [9.17, 15) is 4.79 Å². The average Bonchev–Trinajstić information content (AvgIpc) is 2.29. The predicted molar refractivity (Wildman–Crippen MR) is 74.8 cm³/mol. The van der Waals surface area contributed by atoms with E-state index in [0.29, 0.717) is 9.52 Å². The number of halogens is 2. The van der Waals surface area contributed by atoms with Crippen molar-refractivity contribution in [2.75, 3.05) is 12.4 Å². The molecular formula is C9H12ClIN4O3. The van der Waals surface area contributed by atoms with Gasteiger partial charge in [0.15, 0.2) is 5.15 Å². The number of hydrogen-bond acceptors (Lipinski definition) is 5. The van der Waals surface area contributed by atoms with Gasteiger partial charge in [-0.05, 0) is 29.5 Å². The Bertz CT molecular complexity index is 434. The molecule has 7 nitrogen and oxygen atoms in total. The van der Waals surface area contributed by atoms with Crippen molar-refractivity contribution in [1.82, 2.24) is 15.3 Å². The number of aromatic nitrogens is 2. The van der Waals surface area contributed by atoms with Crippen LogP contribution in [0.3, 0.4) is 0 Å². The Morgan fingerprint density at radius 3 is 2.83 bits per heavy atom. The molecule has 0 aliphatic heterocycles. The van der Waals surface area contributed by atoms with Crippen LogP contribution in [0.25, 0.3) is 0 Å². The van der Waals surface area contributed by atoms with E-state index in [1.807, 2.05) is 22.6 Å². The van der Waals surface area contributed by atoms with Gasteiger partial charge in [0.2, 0.25) is 0 Å². The Labute approximate surface area is 122 Å². The molecule has 0 radical (unpaired) electrons. The van der Waals surface area contributed by atoms with E-state index in [-0.39, 0.29) is 5.15 Å². The summed E-state index contributed by atoms with van der Waals surface area (Å²) in [5.74, 6) is 0.409. The lowest BCUT2D eigenvalue weighted by Gasteiger charge is -2.23. The maximum Gasteiger partial charge on any atom is 0.405 e. The number of carbonyl (C=O) groups is 1. The van der Waals surface area contributed by atoms with Crippen molar-refractivity contribution in [3.63, 3.8) is 0 Å². The zero-order valence-corrected chi connectivity index (χ0v) is 12.6. The zero-order chi connectivity index (χ0) is 13.7. The third-order valence-corrected chi connectivity index (χ3v) is 3.41. The van der Waals surface area contributed by atoms with E-state index in [2.05, 4.69) is 20.6 Å². The van der Waals surface area contributed by atoms with Gasteiger partial charge >= 0.3 is 6.09 Å². The van der Waals surface area contributed by atoms with Gasteiger partial charge in [-0.15, -0.1) is 0 Å². The molecule has 0 aliphatic rings. The van der Waals surface area contributed by atoms with Crippen molar-refractivity contribution in [1.29, 1.82) is 0 Å². The van der Waals surface area contributed by atoms with E-state index >= 15 is 0 Å². The van der Waals surface area contributed by atoms with Crippen molar-refractivity contribution in [3.8, 4) is 0 Å². The van der Waals surface area contributed by atoms with Crippen LogP contribution in [0.4, 0.5) is 10.6 Å². The van der Waals surface area contributed by atoms with Crippen LogP contribution in [0.15, 0.2) is 6.20 Å².